The van der Waals surface area contributed by atoms with Crippen molar-refractivity contribution in [2.24, 2.45) is 0 Å². The topological polar surface area (TPSA) is 122 Å². The third kappa shape index (κ3) is 40.6. The summed E-state index contributed by atoms with van der Waals surface area (Å²) in [5, 5.41) is 9.78. The van der Waals surface area contributed by atoms with Gasteiger partial charge in [-0.2, -0.15) is 0 Å². The van der Waals surface area contributed by atoms with Crippen LogP contribution in [0.2, 0.25) is 0 Å². The first-order valence-corrected chi connectivity index (χ1v) is 45.7. The molecule has 12 nitrogen and oxygen atoms in total. The highest BCUT2D eigenvalue weighted by Gasteiger charge is 2.15. The first kappa shape index (κ1) is 93.0. The highest BCUT2D eigenvalue weighted by atomic mass is 16.5. The van der Waals surface area contributed by atoms with Gasteiger partial charge in [-0.05, 0) is 167 Å². The molecule has 0 heterocycles. The van der Waals surface area contributed by atoms with Gasteiger partial charge < -0.3 is 57.2 Å². The van der Waals surface area contributed by atoms with E-state index < -0.39 is 0 Å². The minimum atomic E-state index is -0.0478. The van der Waals surface area contributed by atoms with Crippen molar-refractivity contribution < 1.29 is 57.2 Å². The molecule has 116 heavy (non-hydrogen) atoms. The molecule has 8 rings (SSSR count). The fourth-order valence-corrected chi connectivity index (χ4v) is 14.3. The molecule has 0 aromatic heterocycles. The summed E-state index contributed by atoms with van der Waals surface area (Å²) >= 11 is 0. The smallest absolute Gasteiger partial charge is 0.162 e. The van der Waals surface area contributed by atoms with E-state index in [2.05, 4.69) is 76.2 Å². The first-order valence-electron chi connectivity index (χ1n) is 45.7. The van der Waals surface area contributed by atoms with Gasteiger partial charge in [-0.1, -0.05) is 332 Å². The Balaban J connectivity index is 0.924. The maximum Gasteiger partial charge on any atom is 0.162 e. The van der Waals surface area contributed by atoms with Gasteiger partial charge in [-0.15, -0.1) is 0 Å². The summed E-state index contributed by atoms with van der Waals surface area (Å²) in [6.45, 7) is 14.0. The van der Waals surface area contributed by atoms with Crippen molar-refractivity contribution in [2.75, 3.05) is 26.4 Å². The monoisotopic (exact) mass is 1590 g/mol. The first-order chi connectivity index (χ1) is 57.3. The minimum Gasteiger partial charge on any atom is -0.494 e. The molecule has 0 radical (unpaired) electrons. The highest BCUT2D eigenvalue weighted by molar-refractivity contribution is 5.46. The zero-order chi connectivity index (χ0) is 81.0. The Morgan fingerprint density at radius 3 is 0.638 bits per heavy atom. The second-order valence-corrected chi connectivity index (χ2v) is 31.9. The zero-order valence-corrected chi connectivity index (χ0v) is 72.0. The molecule has 0 saturated carbocycles. The summed E-state index contributed by atoms with van der Waals surface area (Å²) in [7, 11) is 0. The van der Waals surface area contributed by atoms with Gasteiger partial charge >= 0.3 is 0 Å². The van der Waals surface area contributed by atoms with Crippen LogP contribution < -0.4 is 52.1 Å². The Hall–Kier alpha value is -8.48. The van der Waals surface area contributed by atoms with Crippen LogP contribution in [-0.2, 0) is 52.9 Å². The largest absolute Gasteiger partial charge is 0.494 e. The molecular formula is C104H146O12. The molecule has 634 valence electrons. The fraction of sp³-hybridized carbons (Fsp3) is 0.538. The van der Waals surface area contributed by atoms with Crippen molar-refractivity contribution >= 4 is 0 Å². The Morgan fingerprint density at radius 1 is 0.164 bits per heavy atom. The van der Waals surface area contributed by atoms with Crippen molar-refractivity contribution in [3.63, 3.8) is 0 Å². The maximum absolute atomic E-state index is 9.78. The summed E-state index contributed by atoms with van der Waals surface area (Å²) in [4.78, 5) is 0. The average Bonchev–Trinajstić information content (AvgIpc) is 0.842. The predicted octanol–water partition coefficient (Wildman–Crippen LogP) is 29.4. The highest BCUT2D eigenvalue weighted by Crippen LogP contribution is 2.35. The van der Waals surface area contributed by atoms with Crippen LogP contribution in [0.5, 0.6) is 63.2 Å². The van der Waals surface area contributed by atoms with Crippen molar-refractivity contribution in [2.45, 2.75) is 337 Å². The minimum absolute atomic E-state index is 0.0478. The van der Waals surface area contributed by atoms with Crippen LogP contribution in [0, 0.1) is 0 Å². The van der Waals surface area contributed by atoms with Gasteiger partial charge in [-0.3, -0.25) is 0 Å². The van der Waals surface area contributed by atoms with Gasteiger partial charge in [0, 0.05) is 6.07 Å². The Morgan fingerprint density at radius 2 is 0.371 bits per heavy atom. The van der Waals surface area contributed by atoms with Crippen molar-refractivity contribution in [1.29, 1.82) is 0 Å². The molecule has 0 unspecified atom stereocenters. The van der Waals surface area contributed by atoms with E-state index in [1.165, 1.54) is 231 Å². The third-order valence-corrected chi connectivity index (χ3v) is 21.6. The van der Waals surface area contributed by atoms with Crippen molar-refractivity contribution in [1.82, 2.24) is 0 Å². The molecule has 0 fully saturated rings. The van der Waals surface area contributed by atoms with E-state index in [1.807, 2.05) is 127 Å². The quantitative estimate of drug-likeness (QED) is 0.0365. The zero-order valence-electron chi connectivity index (χ0n) is 72.0. The van der Waals surface area contributed by atoms with E-state index in [9.17, 15) is 5.11 Å². The van der Waals surface area contributed by atoms with E-state index in [-0.39, 0.29) is 26.4 Å². The summed E-state index contributed by atoms with van der Waals surface area (Å²) in [6.07, 6.45) is 51.7. The Bertz CT molecular complexity index is 3530. The van der Waals surface area contributed by atoms with Gasteiger partial charge in [0.05, 0.1) is 33.0 Å². The van der Waals surface area contributed by atoms with Crippen molar-refractivity contribution in [3.05, 3.63) is 220 Å². The van der Waals surface area contributed by atoms with Gasteiger partial charge in [0.1, 0.15) is 86.5 Å². The van der Waals surface area contributed by atoms with Gasteiger partial charge in [0.2, 0.25) is 0 Å². The molecule has 0 saturated heterocycles. The molecule has 1 N–H and O–H groups in total. The molecule has 8 aromatic carbocycles. The van der Waals surface area contributed by atoms with Crippen LogP contribution in [0.3, 0.4) is 0 Å². The molecular weight excluding hydrogens is 1440 g/mol. The van der Waals surface area contributed by atoms with Crippen LogP contribution in [0.4, 0.5) is 0 Å². The molecule has 8 aromatic rings. The number of aliphatic hydroxyl groups is 1. The maximum atomic E-state index is 9.78. The third-order valence-electron chi connectivity index (χ3n) is 21.6. The number of ether oxygens (including phenoxy) is 11. The number of aliphatic hydroxyl groups excluding tert-OH is 1. The molecule has 0 atom stereocenters. The molecule has 0 aliphatic carbocycles. The van der Waals surface area contributed by atoms with Crippen LogP contribution in [0.25, 0.3) is 0 Å². The molecule has 0 aliphatic heterocycles. The number of benzene rings is 8. The molecule has 0 aliphatic rings. The molecule has 0 bridgehead atoms. The Kier molecular flexibility index (Phi) is 48.2. The average molecular weight is 1590 g/mol. The second-order valence-electron chi connectivity index (χ2n) is 31.9. The lowest BCUT2D eigenvalue weighted by molar-refractivity contribution is 0.252. The van der Waals surface area contributed by atoms with Gasteiger partial charge in [-0.25, -0.2) is 0 Å². The number of unbranched alkanes of at least 4 members (excludes halogenated alkanes) is 36. The lowest BCUT2D eigenvalue weighted by atomic mass is 10.1. The van der Waals surface area contributed by atoms with E-state index in [0.717, 1.165) is 106 Å². The van der Waals surface area contributed by atoms with E-state index in [0.29, 0.717) is 79.9 Å². The number of hydrogen-bond acceptors (Lipinski definition) is 12. The van der Waals surface area contributed by atoms with Crippen LogP contribution >= 0.6 is 0 Å². The summed E-state index contributed by atoms with van der Waals surface area (Å²) < 4.78 is 71.1. The van der Waals surface area contributed by atoms with E-state index >= 15 is 0 Å². The van der Waals surface area contributed by atoms with E-state index in [1.54, 1.807) is 0 Å². The summed E-state index contributed by atoms with van der Waals surface area (Å²) in [6, 6.07) is 58.3. The second kappa shape index (κ2) is 60.1. The van der Waals surface area contributed by atoms with Gasteiger partial charge in [0.25, 0.3) is 0 Å². The van der Waals surface area contributed by atoms with Gasteiger partial charge in [0.15, 0.2) is 23.0 Å². The van der Waals surface area contributed by atoms with E-state index in [4.69, 9.17) is 52.1 Å². The lowest BCUT2D eigenvalue weighted by Crippen LogP contribution is -2.04. The normalized spacial score (nSPS) is 11.2. The van der Waals surface area contributed by atoms with Crippen molar-refractivity contribution in [3.8, 4) is 63.2 Å². The Labute approximate surface area is 700 Å². The SMILES string of the molecule is CCCCCCCCCCCCOc1ccc(COc2ccc(COc3cc(COc4ccc(CO)cc4)cc(OCc4ccc(OCc5ccc(OCCCCCCCCCCCC)cc5)c(OCc5ccc(OCCCCCCCCCCCC)cc5)c4)c3)cc2OCc2ccc(OCCCCCCCCCCCC)cc2)cc1. The van der Waals surface area contributed by atoms with Crippen LogP contribution in [0.15, 0.2) is 176 Å². The molecule has 0 spiro atoms. The van der Waals surface area contributed by atoms with Crippen LogP contribution in [-0.4, -0.2) is 31.5 Å². The summed E-state index contributed by atoms with van der Waals surface area (Å²) in [5.41, 5.74) is 7.51. The van der Waals surface area contributed by atoms with Crippen LogP contribution in [0.1, 0.15) is 329 Å². The number of hydrogen-bond donors (Lipinski definition) is 1. The fourth-order valence-electron chi connectivity index (χ4n) is 14.3. The molecule has 12 heteroatoms. The number of rotatable bonds is 70. The standard InChI is InChI=1S/C104H146O12/c1-5-9-13-17-21-25-29-33-37-41-69-106-94-59-47-87(48-60-94)79-113-101-67-55-91(75-103(101)115-81-89-51-63-96(64-52-89)108-71-43-39-35-31-27-23-19-15-11-7-3)83-111-99-73-93(85-110-98-57-45-86(78-105)46-58-98)74-100(77-99)112-84-92-56-68-102(114-80-88-49-61-95(62-50-88)107-70-42-38-34-30-26-22-18-14-10-6-2)104(76-92)116-82-90-53-65-97(66-54-90)109-72-44-40-36-32-28-24-20-16-12-8-4/h45-68,73-77,105H,5-44,69-72,78-85H2,1-4H3. The lowest BCUT2D eigenvalue weighted by Gasteiger charge is -2.17. The molecule has 0 amide bonds. The predicted molar refractivity (Wildman–Crippen MR) is 477 cm³/mol. The summed E-state index contributed by atoms with van der Waals surface area (Å²) in [5.74, 6) is 7.81.